The van der Waals surface area contributed by atoms with Gasteiger partial charge in [0.2, 0.25) is 6.67 Å². The first-order valence-electron chi connectivity index (χ1n) is 19.9. The molecule has 282 valence electrons. The quantitative estimate of drug-likeness (QED) is 0.211. The third-order valence-electron chi connectivity index (χ3n) is 11.6. The molecule has 2 aromatic rings. The van der Waals surface area contributed by atoms with Crippen molar-refractivity contribution in [1.29, 1.82) is 0 Å². The van der Waals surface area contributed by atoms with E-state index in [2.05, 4.69) is 96.1 Å². The van der Waals surface area contributed by atoms with Gasteiger partial charge in [-0.3, -0.25) is 0 Å². The van der Waals surface area contributed by atoms with Crippen LogP contribution >= 0.6 is 27.3 Å². The molecule has 6 heteroatoms. The van der Waals surface area contributed by atoms with Crippen molar-refractivity contribution >= 4 is 42.8 Å². The number of halogens is 2. The van der Waals surface area contributed by atoms with Crippen molar-refractivity contribution in [3.8, 4) is 0 Å². The fourth-order valence-electron chi connectivity index (χ4n) is 9.15. The molecular formula is C44H69Cl2N2PRu. The van der Waals surface area contributed by atoms with E-state index in [0.29, 0.717) is 13.8 Å². The zero-order chi connectivity index (χ0) is 36.4. The van der Waals surface area contributed by atoms with Crippen LogP contribution in [0.15, 0.2) is 24.3 Å². The maximum Gasteiger partial charge on any atom is 0.208 e. The molecule has 50 heavy (non-hydrogen) atoms. The minimum atomic E-state index is -1.50. The summed E-state index contributed by atoms with van der Waals surface area (Å²) in [7, 11) is 11.8. The topological polar surface area (TPSA) is 6.48 Å². The Morgan fingerprint density at radius 3 is 1.14 bits per heavy atom. The van der Waals surface area contributed by atoms with Crippen molar-refractivity contribution < 1.29 is 13.5 Å². The minimum absolute atomic E-state index is 0.385. The van der Waals surface area contributed by atoms with Crippen molar-refractivity contribution in [1.82, 2.24) is 0 Å². The summed E-state index contributed by atoms with van der Waals surface area (Å²) in [4.78, 5) is 4.56. The summed E-state index contributed by atoms with van der Waals surface area (Å²) >= 11 is -1.50. The number of anilines is 2. The minimum Gasteiger partial charge on any atom is -0.339 e. The molecule has 0 spiro atoms. The van der Waals surface area contributed by atoms with E-state index in [1.807, 2.05) is 6.92 Å². The van der Waals surface area contributed by atoms with Gasteiger partial charge in [-0.1, -0.05) is 101 Å². The van der Waals surface area contributed by atoms with E-state index in [0.717, 1.165) is 13.1 Å². The van der Waals surface area contributed by atoms with Crippen LogP contribution < -0.4 is 9.80 Å². The van der Waals surface area contributed by atoms with E-state index in [4.69, 9.17) is 19.4 Å². The van der Waals surface area contributed by atoms with Gasteiger partial charge in [-0.05, 0) is 119 Å². The van der Waals surface area contributed by atoms with Gasteiger partial charge in [0.05, 0.1) is 0 Å². The summed E-state index contributed by atoms with van der Waals surface area (Å²) in [5.74, 6) is 0.559. The number of benzene rings is 2. The van der Waals surface area contributed by atoms with Crippen LogP contribution in [-0.2, 0) is 13.5 Å². The standard InChI is InChI=1S/C21H26N2.C18H33P.C5H10.2ClH.Ru/c1-14-9-16(3)20(17(4)10-14)22-7-8-23(13-22)21-18(5)11-15(2)12-19(21)6;1-4-10-16(11-5-1)19(17-12-6-2-7-13-17)18-14-8-3-9-15-18;1-4-5(2)3;;;/h9-12H,7-8H2,1-6H3;16-18H,1-15H2;5H,1-3H3;2*1H;/q;;;;;+2/p-2. The summed E-state index contributed by atoms with van der Waals surface area (Å²) in [6.45, 7) is 24.9. The zero-order valence-electron chi connectivity index (χ0n) is 33.1. The molecule has 2 aromatic carbocycles. The Labute approximate surface area is 323 Å². The number of nitrogens with zero attached hydrogens (tertiary/aromatic N) is 2. The Morgan fingerprint density at radius 2 is 0.900 bits per heavy atom. The Kier molecular flexibility index (Phi) is 17.6. The van der Waals surface area contributed by atoms with E-state index in [9.17, 15) is 0 Å². The summed E-state index contributed by atoms with van der Waals surface area (Å²) in [5.41, 5.74) is 14.1. The average molecular weight is 829 g/mol. The largest absolute Gasteiger partial charge is 0.339 e. The molecule has 3 aliphatic carbocycles. The molecule has 2 nitrogen and oxygen atoms in total. The van der Waals surface area contributed by atoms with Crippen molar-refractivity contribution in [2.24, 2.45) is 5.92 Å². The second-order valence-electron chi connectivity index (χ2n) is 16.1. The molecule has 4 aliphatic rings. The Bertz CT molecular complexity index is 1230. The van der Waals surface area contributed by atoms with Gasteiger partial charge in [0, 0.05) is 24.5 Å². The zero-order valence-corrected chi connectivity index (χ0v) is 37.2. The van der Waals surface area contributed by atoms with Gasteiger partial charge < -0.3 is 9.80 Å². The van der Waals surface area contributed by atoms with Crippen LogP contribution in [0.1, 0.15) is 150 Å². The van der Waals surface area contributed by atoms with E-state index >= 15 is 0 Å². The molecule has 1 aliphatic heterocycles. The molecular weight excluding hydrogens is 759 g/mol. The van der Waals surface area contributed by atoms with Crippen LogP contribution in [0.5, 0.6) is 0 Å². The molecule has 0 amide bonds. The van der Waals surface area contributed by atoms with Crippen molar-refractivity contribution in [3.05, 3.63) is 64.3 Å². The monoisotopic (exact) mass is 828 g/mol. The molecule has 0 unspecified atom stereocenters. The number of aryl methyl sites for hydroxylation is 6. The predicted octanol–water partition coefficient (Wildman–Crippen LogP) is 14.1. The molecule has 6 rings (SSSR count). The fraction of sp³-hybridized carbons (Fsp3) is 0.682. The maximum atomic E-state index is 5.69. The maximum absolute atomic E-state index is 5.69. The third kappa shape index (κ3) is 12.0. The Hall–Kier alpha value is -0.457. The molecule has 4 fully saturated rings. The van der Waals surface area contributed by atoms with Crippen LogP contribution in [0.25, 0.3) is 0 Å². The summed E-state index contributed by atoms with van der Waals surface area (Å²) < 4.78 is 1.28. The van der Waals surface area contributed by atoms with Gasteiger partial charge in [0.25, 0.3) is 0 Å². The fourth-order valence-corrected chi connectivity index (χ4v) is 16.4. The summed E-state index contributed by atoms with van der Waals surface area (Å²) in [6.07, 6.45) is 23.6. The van der Waals surface area contributed by atoms with Gasteiger partial charge in [-0.15, -0.1) is 0 Å². The number of hydrogen-bond donors (Lipinski definition) is 0. The van der Waals surface area contributed by atoms with Crippen molar-refractivity contribution in [2.45, 2.75) is 176 Å². The Morgan fingerprint density at radius 1 is 0.600 bits per heavy atom. The van der Waals surface area contributed by atoms with Gasteiger partial charge in [0.1, 0.15) is 0 Å². The molecule has 1 heterocycles. The van der Waals surface area contributed by atoms with Crippen LogP contribution in [0, 0.1) is 54.1 Å². The smallest absolute Gasteiger partial charge is 0.208 e. The SMILES string of the molecule is C1CCC(P(C2CCCCC2)C2CCCCC2)CC1.C[C](C(C)C)=[Ru]([Cl])[Cl].Cc1cc(C)c(N2[C]N(c3c(C)cc(C)cc3C)CC2)c(C)c1. The molecule has 0 bridgehead atoms. The normalized spacial score (nSPS) is 19.7. The first kappa shape index (κ1) is 42.3. The summed E-state index contributed by atoms with van der Waals surface area (Å²) in [5, 5.41) is 0. The predicted molar refractivity (Wildman–Crippen MR) is 224 cm³/mol. The molecule has 0 atom stereocenters. The number of hydrogen-bond acceptors (Lipinski definition) is 2. The van der Waals surface area contributed by atoms with E-state index in [-0.39, 0.29) is 0 Å². The Balaban J connectivity index is 0.000000188. The van der Waals surface area contributed by atoms with Crippen LogP contribution in [0.4, 0.5) is 11.4 Å². The molecule has 3 saturated carbocycles. The summed E-state index contributed by atoms with van der Waals surface area (Å²) in [6, 6.07) is 9.04. The first-order valence-corrected chi connectivity index (χ1v) is 26.8. The van der Waals surface area contributed by atoms with Gasteiger partial charge in [0.15, 0.2) is 0 Å². The van der Waals surface area contributed by atoms with Crippen LogP contribution in [0.3, 0.4) is 0 Å². The third-order valence-corrected chi connectivity index (χ3v) is 20.2. The van der Waals surface area contributed by atoms with E-state index < -0.39 is 13.5 Å². The molecule has 0 aromatic heterocycles. The van der Waals surface area contributed by atoms with E-state index in [1.54, 1.807) is 77.0 Å². The second kappa shape index (κ2) is 20.9. The molecule has 2 radical (unpaired) electrons. The van der Waals surface area contributed by atoms with Gasteiger partial charge >= 0.3 is 63.7 Å². The van der Waals surface area contributed by atoms with E-state index in [1.165, 1.54) is 85.1 Å². The molecule has 0 N–H and O–H groups in total. The first-order chi connectivity index (χ1) is 23.9. The van der Waals surface area contributed by atoms with Gasteiger partial charge in [-0.2, -0.15) is 0 Å². The van der Waals surface area contributed by atoms with Crippen molar-refractivity contribution in [3.63, 3.8) is 0 Å². The second-order valence-corrected chi connectivity index (χ2v) is 25.5. The van der Waals surface area contributed by atoms with Crippen LogP contribution in [0.2, 0.25) is 0 Å². The molecule has 1 saturated heterocycles. The van der Waals surface area contributed by atoms with Crippen molar-refractivity contribution in [2.75, 3.05) is 22.9 Å². The van der Waals surface area contributed by atoms with Gasteiger partial charge in [-0.25, -0.2) is 0 Å². The number of rotatable bonds is 6. The average Bonchev–Trinajstić information content (AvgIpc) is 3.54. The van der Waals surface area contributed by atoms with Crippen LogP contribution in [-0.4, -0.2) is 34.2 Å².